The van der Waals surface area contributed by atoms with E-state index in [1.165, 1.54) is 0 Å². The van der Waals surface area contributed by atoms with E-state index >= 15 is 0 Å². The van der Waals surface area contributed by atoms with Crippen LogP contribution < -0.4 is 12.4 Å². The van der Waals surface area contributed by atoms with Crippen LogP contribution in [0.1, 0.15) is 26.7 Å². The summed E-state index contributed by atoms with van der Waals surface area (Å²) >= 11 is 0. The Balaban J connectivity index is -0.000000405. The molecule has 0 amide bonds. The summed E-state index contributed by atoms with van der Waals surface area (Å²) < 4.78 is 10.5. The van der Waals surface area contributed by atoms with E-state index in [1.807, 2.05) is 13.8 Å². The zero-order chi connectivity index (χ0) is 7.82. The molecule has 0 radical (unpaired) electrons. The predicted octanol–water partition coefficient (Wildman–Crippen LogP) is -1.38. The topological polar surface area (TPSA) is 18.5 Å². The minimum atomic E-state index is -0.0347. The van der Waals surface area contributed by atoms with Crippen LogP contribution in [0.3, 0.4) is 0 Å². The molecular formula is C8H17ClMgO2. The van der Waals surface area contributed by atoms with Gasteiger partial charge in [-0.3, -0.25) is 0 Å². The van der Waals surface area contributed by atoms with E-state index in [0.29, 0.717) is 13.2 Å². The van der Waals surface area contributed by atoms with Crippen LogP contribution in [0, 0.1) is 6.92 Å². The fraction of sp³-hybridized carbons (Fsp3) is 0.875. The summed E-state index contributed by atoms with van der Waals surface area (Å²) in [6.45, 7) is 9.09. The van der Waals surface area contributed by atoms with Crippen LogP contribution in [0.4, 0.5) is 0 Å². The Labute approximate surface area is 97.9 Å². The fourth-order valence-corrected chi connectivity index (χ4v) is 0.753. The zero-order valence-corrected chi connectivity index (χ0v) is 10.2. The van der Waals surface area contributed by atoms with Crippen molar-refractivity contribution in [2.24, 2.45) is 0 Å². The van der Waals surface area contributed by atoms with Crippen molar-refractivity contribution in [1.82, 2.24) is 0 Å². The molecule has 2 nitrogen and oxygen atoms in total. The first-order chi connectivity index (χ1) is 4.85. The minimum absolute atomic E-state index is 0. The summed E-state index contributed by atoms with van der Waals surface area (Å²) in [5.74, 6) is 0. The van der Waals surface area contributed by atoms with Gasteiger partial charge in [0.25, 0.3) is 0 Å². The van der Waals surface area contributed by atoms with Crippen LogP contribution in [0.5, 0.6) is 0 Å². The summed E-state index contributed by atoms with van der Waals surface area (Å²) in [5, 5.41) is 0. The Hall–Kier alpha value is 0.976. The predicted molar refractivity (Wildman–Crippen MR) is 47.4 cm³/mol. The molecule has 4 heteroatoms. The maximum absolute atomic E-state index is 5.26. The van der Waals surface area contributed by atoms with Gasteiger partial charge in [0.15, 0.2) is 6.29 Å². The van der Waals surface area contributed by atoms with Crippen molar-refractivity contribution in [3.05, 3.63) is 6.92 Å². The molecule has 0 heterocycles. The summed E-state index contributed by atoms with van der Waals surface area (Å²) in [6.07, 6.45) is 1.72. The van der Waals surface area contributed by atoms with E-state index in [9.17, 15) is 0 Å². The van der Waals surface area contributed by atoms with Gasteiger partial charge in [-0.25, -0.2) is 0 Å². The molecule has 0 aliphatic carbocycles. The number of rotatable bonds is 6. The first-order valence-electron chi connectivity index (χ1n) is 3.87. The van der Waals surface area contributed by atoms with Crippen molar-refractivity contribution in [2.45, 2.75) is 33.0 Å². The molecule has 0 aromatic rings. The molecule has 12 heavy (non-hydrogen) atoms. The van der Waals surface area contributed by atoms with E-state index in [4.69, 9.17) is 9.47 Å². The second-order valence-corrected chi connectivity index (χ2v) is 1.98. The van der Waals surface area contributed by atoms with E-state index in [-0.39, 0.29) is 41.7 Å². The summed E-state index contributed by atoms with van der Waals surface area (Å²) in [6, 6.07) is 0. The molecule has 0 N–H and O–H groups in total. The van der Waals surface area contributed by atoms with Crippen LogP contribution in [-0.2, 0) is 9.47 Å². The van der Waals surface area contributed by atoms with Gasteiger partial charge >= 0.3 is 23.1 Å². The third kappa shape index (κ3) is 11.0. The molecule has 0 saturated heterocycles. The van der Waals surface area contributed by atoms with Crippen molar-refractivity contribution >= 4 is 23.1 Å². The van der Waals surface area contributed by atoms with Crippen LogP contribution in [0.15, 0.2) is 0 Å². The van der Waals surface area contributed by atoms with Crippen LogP contribution in [0.25, 0.3) is 0 Å². The third-order valence-electron chi connectivity index (χ3n) is 1.14. The third-order valence-corrected chi connectivity index (χ3v) is 1.14. The Kier molecular flexibility index (Phi) is 22.6. The Morgan fingerprint density at radius 2 is 1.58 bits per heavy atom. The minimum Gasteiger partial charge on any atom is -1.00 e. The Bertz CT molecular complexity index is 59.8. The molecule has 0 saturated carbocycles. The average molecular weight is 205 g/mol. The first kappa shape index (κ1) is 18.7. The van der Waals surface area contributed by atoms with Crippen LogP contribution in [0.2, 0.25) is 0 Å². The smallest absolute Gasteiger partial charge is 1.00 e. The molecule has 0 aliphatic heterocycles. The monoisotopic (exact) mass is 204 g/mol. The van der Waals surface area contributed by atoms with Gasteiger partial charge in [0, 0.05) is 13.2 Å². The van der Waals surface area contributed by atoms with Crippen LogP contribution >= 0.6 is 0 Å². The van der Waals surface area contributed by atoms with E-state index < -0.39 is 0 Å². The van der Waals surface area contributed by atoms with Crippen LogP contribution in [-0.4, -0.2) is 42.6 Å². The van der Waals surface area contributed by atoms with Gasteiger partial charge < -0.3 is 28.8 Å². The SMILES string of the molecule is [CH2-]CCC(OCC)OCC.[Cl-].[Mg+2]. The summed E-state index contributed by atoms with van der Waals surface area (Å²) in [7, 11) is 0. The number of hydrogen-bond acceptors (Lipinski definition) is 2. The standard InChI is InChI=1S/C8H17O2.ClH.Mg/c1-4-7-8(9-5-2)10-6-3;;/h8H,1,4-7H2,2-3H3;1H;/q-1;;+2/p-1. The fourth-order valence-electron chi connectivity index (χ4n) is 0.753. The summed E-state index contributed by atoms with van der Waals surface area (Å²) in [4.78, 5) is 0. The molecule has 0 aromatic carbocycles. The second-order valence-electron chi connectivity index (χ2n) is 1.98. The maximum Gasteiger partial charge on any atom is 2.00 e. The Morgan fingerprint density at radius 3 is 1.83 bits per heavy atom. The van der Waals surface area contributed by atoms with Gasteiger partial charge in [0.05, 0.1) is 0 Å². The van der Waals surface area contributed by atoms with Crippen molar-refractivity contribution in [3.63, 3.8) is 0 Å². The van der Waals surface area contributed by atoms with Gasteiger partial charge in [-0.2, -0.15) is 6.42 Å². The van der Waals surface area contributed by atoms with Gasteiger partial charge in [-0.1, -0.05) is 0 Å². The maximum atomic E-state index is 5.26. The molecule has 0 fully saturated rings. The Morgan fingerprint density at radius 1 is 1.17 bits per heavy atom. The molecule has 0 atom stereocenters. The molecular weight excluding hydrogens is 188 g/mol. The largest absolute Gasteiger partial charge is 2.00 e. The van der Waals surface area contributed by atoms with Crippen molar-refractivity contribution in [3.8, 4) is 0 Å². The van der Waals surface area contributed by atoms with Crippen molar-refractivity contribution < 1.29 is 21.9 Å². The molecule has 70 valence electrons. The van der Waals surface area contributed by atoms with E-state index in [2.05, 4.69) is 6.92 Å². The van der Waals surface area contributed by atoms with Crippen molar-refractivity contribution in [2.75, 3.05) is 13.2 Å². The number of halogens is 1. The van der Waals surface area contributed by atoms with E-state index in [0.717, 1.165) is 12.8 Å². The average Bonchev–Trinajstić information content (AvgIpc) is 1.90. The zero-order valence-electron chi connectivity index (χ0n) is 8.01. The van der Waals surface area contributed by atoms with Gasteiger partial charge in [-0.15, -0.1) is 0 Å². The molecule has 0 aliphatic rings. The molecule has 0 unspecified atom stereocenters. The second kappa shape index (κ2) is 14.5. The van der Waals surface area contributed by atoms with Gasteiger partial charge in [0.1, 0.15) is 0 Å². The van der Waals surface area contributed by atoms with Gasteiger partial charge in [0.2, 0.25) is 0 Å². The molecule has 0 bridgehead atoms. The number of hydrogen-bond donors (Lipinski definition) is 0. The molecule has 0 rings (SSSR count). The first-order valence-corrected chi connectivity index (χ1v) is 3.87. The molecule has 0 spiro atoms. The van der Waals surface area contributed by atoms with E-state index in [1.54, 1.807) is 0 Å². The van der Waals surface area contributed by atoms with Gasteiger partial charge in [-0.05, 0) is 20.3 Å². The quantitative estimate of drug-likeness (QED) is 0.302. The molecule has 0 aromatic heterocycles. The van der Waals surface area contributed by atoms with Crippen molar-refractivity contribution in [1.29, 1.82) is 0 Å². The normalized spacial score (nSPS) is 9.00. The summed E-state index contributed by atoms with van der Waals surface area (Å²) in [5.41, 5.74) is 0. The number of ether oxygens (including phenoxy) is 2.